The minimum atomic E-state index is -1.31. The summed E-state index contributed by atoms with van der Waals surface area (Å²) in [5.41, 5.74) is -0.381. The van der Waals surface area contributed by atoms with Gasteiger partial charge in [0.05, 0.1) is 0 Å². The van der Waals surface area contributed by atoms with Crippen LogP contribution in [0.25, 0.3) is 11.0 Å². The predicted molar refractivity (Wildman–Crippen MR) is 43.2 cm³/mol. The first kappa shape index (κ1) is 7.72. The zero-order chi connectivity index (χ0) is 9.42. The molecule has 2 aromatic rings. The predicted octanol–water partition coefficient (Wildman–Crippen LogP) is 1.47. The SMILES string of the molecule is O=C(O)c1cc2cccnc2n1F. The maximum absolute atomic E-state index is 13.2. The Morgan fingerprint density at radius 2 is 2.38 bits per heavy atom. The fourth-order valence-corrected chi connectivity index (χ4v) is 1.15. The molecule has 2 rings (SSSR count). The topological polar surface area (TPSA) is 55.1 Å². The molecular weight excluding hydrogens is 175 g/mol. The molecule has 13 heavy (non-hydrogen) atoms. The Morgan fingerprint density at radius 3 is 3.00 bits per heavy atom. The van der Waals surface area contributed by atoms with Crippen LogP contribution >= 0.6 is 0 Å². The van der Waals surface area contributed by atoms with Gasteiger partial charge in [0, 0.05) is 11.6 Å². The molecular formula is C8H5FN2O2. The molecule has 2 heterocycles. The highest BCUT2D eigenvalue weighted by atomic mass is 19.2. The molecule has 0 aliphatic heterocycles. The normalized spacial score (nSPS) is 10.5. The summed E-state index contributed by atoms with van der Waals surface area (Å²) >= 11 is 0. The zero-order valence-corrected chi connectivity index (χ0v) is 6.44. The van der Waals surface area contributed by atoms with E-state index in [1.54, 1.807) is 12.1 Å². The van der Waals surface area contributed by atoms with Crippen molar-refractivity contribution >= 4 is 17.0 Å². The zero-order valence-electron chi connectivity index (χ0n) is 6.44. The number of carbonyl (C=O) groups is 1. The second-order valence-electron chi connectivity index (χ2n) is 2.53. The van der Waals surface area contributed by atoms with Crippen molar-refractivity contribution in [1.82, 2.24) is 9.77 Å². The van der Waals surface area contributed by atoms with Crippen molar-refractivity contribution < 1.29 is 14.4 Å². The Labute approximate surface area is 72.2 Å². The molecule has 0 amide bonds. The average Bonchev–Trinajstić information content (AvgIpc) is 2.45. The van der Waals surface area contributed by atoms with Crippen LogP contribution in [0.5, 0.6) is 0 Å². The lowest BCUT2D eigenvalue weighted by Gasteiger charge is -1.91. The van der Waals surface area contributed by atoms with E-state index in [0.29, 0.717) is 5.39 Å². The van der Waals surface area contributed by atoms with Gasteiger partial charge in [0.15, 0.2) is 11.3 Å². The second-order valence-corrected chi connectivity index (χ2v) is 2.53. The van der Waals surface area contributed by atoms with Gasteiger partial charge in [-0.15, -0.1) is 0 Å². The minimum absolute atomic E-state index is 0.0277. The summed E-state index contributed by atoms with van der Waals surface area (Å²) in [5, 5.41) is 9.05. The molecule has 5 heteroatoms. The molecule has 0 aromatic carbocycles. The quantitative estimate of drug-likeness (QED) is 0.722. The third-order valence-electron chi connectivity index (χ3n) is 1.73. The van der Waals surface area contributed by atoms with E-state index in [0.717, 1.165) is 0 Å². The van der Waals surface area contributed by atoms with Crippen molar-refractivity contribution in [3.05, 3.63) is 30.1 Å². The van der Waals surface area contributed by atoms with Crippen LogP contribution in [0.4, 0.5) is 4.48 Å². The molecule has 0 atom stereocenters. The molecule has 0 unspecified atom stereocenters. The van der Waals surface area contributed by atoms with Gasteiger partial charge in [-0.3, -0.25) is 0 Å². The summed E-state index contributed by atoms with van der Waals surface area (Å²) in [6.45, 7) is 0. The standard InChI is InChI=1S/C8H5FN2O2/c9-11-6(8(12)13)4-5-2-1-3-10-7(5)11/h1-4H,(H,12,13). The third-order valence-corrected chi connectivity index (χ3v) is 1.73. The number of pyridine rings is 1. The maximum Gasteiger partial charge on any atom is 0.355 e. The first-order valence-corrected chi connectivity index (χ1v) is 3.56. The highest BCUT2D eigenvalue weighted by Crippen LogP contribution is 2.17. The Kier molecular flexibility index (Phi) is 1.51. The smallest absolute Gasteiger partial charge is 0.355 e. The Hall–Kier alpha value is -1.91. The monoisotopic (exact) mass is 180 g/mol. The lowest BCUT2D eigenvalue weighted by atomic mass is 10.3. The fraction of sp³-hybridized carbons (Fsp3) is 0. The van der Waals surface area contributed by atoms with Gasteiger partial charge >= 0.3 is 5.97 Å². The van der Waals surface area contributed by atoms with Gasteiger partial charge in [0.1, 0.15) is 0 Å². The lowest BCUT2D eigenvalue weighted by molar-refractivity contribution is 0.0674. The molecule has 0 aliphatic carbocycles. The van der Waals surface area contributed by atoms with Crippen molar-refractivity contribution in [2.75, 3.05) is 0 Å². The molecule has 0 radical (unpaired) electrons. The van der Waals surface area contributed by atoms with Gasteiger partial charge in [-0.25, -0.2) is 9.78 Å². The highest BCUT2D eigenvalue weighted by molar-refractivity contribution is 5.92. The van der Waals surface area contributed by atoms with E-state index in [2.05, 4.69) is 4.98 Å². The number of carboxylic acid groups (broad SMARTS) is 1. The number of aromatic nitrogens is 2. The number of nitrogens with zero attached hydrogens (tertiary/aromatic N) is 2. The second kappa shape index (κ2) is 2.55. The van der Waals surface area contributed by atoms with Crippen LogP contribution < -0.4 is 0 Å². The number of carboxylic acids is 1. The Bertz CT molecular complexity index is 478. The largest absolute Gasteiger partial charge is 0.476 e. The number of halogens is 1. The molecule has 1 N–H and O–H groups in total. The van der Waals surface area contributed by atoms with Gasteiger partial charge in [0.25, 0.3) is 0 Å². The molecule has 4 nitrogen and oxygen atoms in total. The first-order valence-electron chi connectivity index (χ1n) is 3.56. The summed E-state index contributed by atoms with van der Waals surface area (Å²) in [4.78, 5) is 14.3. The van der Waals surface area contributed by atoms with Crippen molar-refractivity contribution in [3.8, 4) is 0 Å². The number of rotatable bonds is 1. The van der Waals surface area contributed by atoms with E-state index in [9.17, 15) is 9.28 Å². The molecule has 66 valence electrons. The van der Waals surface area contributed by atoms with Crippen LogP contribution in [0.2, 0.25) is 0 Å². The van der Waals surface area contributed by atoms with Crippen LogP contribution in [-0.2, 0) is 0 Å². The maximum atomic E-state index is 13.2. The number of hydrogen-bond donors (Lipinski definition) is 1. The summed E-state index contributed by atoms with van der Waals surface area (Å²) in [7, 11) is 0. The van der Waals surface area contributed by atoms with E-state index in [-0.39, 0.29) is 10.4 Å². The Morgan fingerprint density at radius 1 is 1.62 bits per heavy atom. The fourth-order valence-electron chi connectivity index (χ4n) is 1.15. The van der Waals surface area contributed by atoms with Gasteiger partial charge < -0.3 is 5.11 Å². The summed E-state index contributed by atoms with van der Waals surface area (Å²) < 4.78 is 13.2. The number of fused-ring (bicyclic) bond motifs is 1. The van der Waals surface area contributed by atoms with E-state index in [4.69, 9.17) is 5.11 Å². The molecule has 0 saturated heterocycles. The summed E-state index contributed by atoms with van der Waals surface area (Å²) in [5.74, 6) is -1.31. The average molecular weight is 180 g/mol. The molecule has 0 spiro atoms. The summed E-state index contributed by atoms with van der Waals surface area (Å²) in [6, 6.07) is 4.46. The van der Waals surface area contributed by atoms with Gasteiger partial charge in [-0.2, -0.15) is 4.79 Å². The van der Waals surface area contributed by atoms with Crippen LogP contribution in [0.3, 0.4) is 0 Å². The van der Waals surface area contributed by atoms with E-state index >= 15 is 0 Å². The molecule has 0 aliphatic rings. The number of hydrogen-bond acceptors (Lipinski definition) is 2. The third kappa shape index (κ3) is 1.05. The van der Waals surface area contributed by atoms with Crippen LogP contribution in [0.1, 0.15) is 10.5 Å². The highest BCUT2D eigenvalue weighted by Gasteiger charge is 2.14. The van der Waals surface area contributed by atoms with Crippen LogP contribution in [0.15, 0.2) is 24.4 Å². The van der Waals surface area contributed by atoms with Crippen molar-refractivity contribution in [1.29, 1.82) is 0 Å². The van der Waals surface area contributed by atoms with Crippen molar-refractivity contribution in [3.63, 3.8) is 0 Å². The lowest BCUT2D eigenvalue weighted by Crippen LogP contribution is -2.01. The molecule has 0 fully saturated rings. The van der Waals surface area contributed by atoms with Gasteiger partial charge in [-0.1, -0.05) is 4.48 Å². The van der Waals surface area contributed by atoms with Gasteiger partial charge in [0.2, 0.25) is 0 Å². The van der Waals surface area contributed by atoms with E-state index in [1.807, 2.05) is 0 Å². The van der Waals surface area contributed by atoms with Crippen molar-refractivity contribution in [2.24, 2.45) is 0 Å². The van der Waals surface area contributed by atoms with E-state index in [1.165, 1.54) is 12.3 Å². The van der Waals surface area contributed by atoms with E-state index < -0.39 is 11.7 Å². The molecule has 0 saturated carbocycles. The minimum Gasteiger partial charge on any atom is -0.476 e. The Balaban J connectivity index is 2.81. The van der Waals surface area contributed by atoms with Crippen LogP contribution in [-0.4, -0.2) is 20.8 Å². The molecule has 2 aromatic heterocycles. The number of aromatic carboxylic acids is 1. The summed E-state index contributed by atoms with van der Waals surface area (Å²) in [6.07, 6.45) is 1.41. The first-order chi connectivity index (χ1) is 6.20. The van der Waals surface area contributed by atoms with Crippen molar-refractivity contribution in [2.45, 2.75) is 0 Å². The van der Waals surface area contributed by atoms with Gasteiger partial charge in [-0.05, 0) is 18.2 Å². The molecule has 0 bridgehead atoms. The van der Waals surface area contributed by atoms with Crippen LogP contribution in [0, 0.1) is 0 Å².